The molecule has 0 aliphatic rings. The van der Waals surface area contributed by atoms with Gasteiger partial charge in [-0.25, -0.2) is 13.1 Å². The second-order valence-electron chi connectivity index (χ2n) is 3.98. The molecule has 8 heteroatoms. The molecule has 0 saturated heterocycles. The summed E-state index contributed by atoms with van der Waals surface area (Å²) in [7, 11) is -3.63. The summed E-state index contributed by atoms with van der Waals surface area (Å²) in [6, 6.07) is 2.48. The number of halogens is 1. The van der Waals surface area contributed by atoms with Gasteiger partial charge in [-0.1, -0.05) is 37.0 Å². The first-order valence-electron chi connectivity index (χ1n) is 5.47. The predicted molar refractivity (Wildman–Crippen MR) is 73.6 cm³/mol. The smallest absolute Gasteiger partial charge is 0.206 e. The SMILES string of the molecule is CC[C@H](C)[C@@H](CN=O)NS(=O)(=O)c1ccc(Cl)s1. The Balaban J connectivity index is 2.88. The van der Waals surface area contributed by atoms with Crippen LogP contribution >= 0.6 is 22.9 Å². The first kappa shape index (κ1) is 15.6. The summed E-state index contributed by atoms with van der Waals surface area (Å²) in [5.41, 5.74) is 0. The third-order valence-corrected chi connectivity index (χ3v) is 5.93. The van der Waals surface area contributed by atoms with Crippen molar-refractivity contribution in [1.29, 1.82) is 0 Å². The summed E-state index contributed by atoms with van der Waals surface area (Å²) in [6.07, 6.45) is 0.758. The van der Waals surface area contributed by atoms with E-state index in [1.165, 1.54) is 12.1 Å². The van der Waals surface area contributed by atoms with Crippen LogP contribution in [0.4, 0.5) is 0 Å². The highest BCUT2D eigenvalue weighted by atomic mass is 35.5. The molecule has 1 aromatic heterocycles. The van der Waals surface area contributed by atoms with E-state index in [2.05, 4.69) is 9.90 Å². The fourth-order valence-corrected chi connectivity index (χ4v) is 4.23. The van der Waals surface area contributed by atoms with Crippen LogP contribution in [0.1, 0.15) is 20.3 Å². The van der Waals surface area contributed by atoms with E-state index in [4.69, 9.17) is 11.6 Å². The normalized spacial score (nSPS) is 15.3. The second-order valence-corrected chi connectivity index (χ2v) is 7.64. The molecular formula is C10H15ClN2O3S2. The Morgan fingerprint density at radius 3 is 2.61 bits per heavy atom. The van der Waals surface area contributed by atoms with Crippen molar-refractivity contribution in [3.05, 3.63) is 21.4 Å². The van der Waals surface area contributed by atoms with Gasteiger partial charge in [0.2, 0.25) is 10.0 Å². The van der Waals surface area contributed by atoms with Crippen molar-refractivity contribution in [2.24, 2.45) is 11.1 Å². The molecule has 1 rings (SSSR count). The highest BCUT2D eigenvalue weighted by molar-refractivity contribution is 7.91. The van der Waals surface area contributed by atoms with E-state index >= 15 is 0 Å². The number of rotatable bonds is 7. The lowest BCUT2D eigenvalue weighted by molar-refractivity contribution is 0.415. The van der Waals surface area contributed by atoms with Gasteiger partial charge in [0.15, 0.2) is 0 Å². The lowest BCUT2D eigenvalue weighted by Gasteiger charge is -2.20. The van der Waals surface area contributed by atoms with Gasteiger partial charge in [-0.15, -0.1) is 11.3 Å². The minimum atomic E-state index is -3.63. The zero-order chi connectivity index (χ0) is 13.8. The highest BCUT2D eigenvalue weighted by Crippen LogP contribution is 2.26. The summed E-state index contributed by atoms with van der Waals surface area (Å²) < 4.78 is 27.2. The molecule has 1 N–H and O–H groups in total. The number of hydrogen-bond donors (Lipinski definition) is 1. The molecule has 2 atom stereocenters. The maximum Gasteiger partial charge on any atom is 0.250 e. The van der Waals surface area contributed by atoms with Crippen molar-refractivity contribution in [2.75, 3.05) is 6.54 Å². The first-order valence-corrected chi connectivity index (χ1v) is 8.15. The number of nitroso groups, excluding NO2 is 1. The number of sulfonamides is 1. The summed E-state index contributed by atoms with van der Waals surface area (Å²) in [4.78, 5) is 10.4. The van der Waals surface area contributed by atoms with Gasteiger partial charge in [-0.05, 0) is 18.1 Å². The molecule has 0 amide bonds. The van der Waals surface area contributed by atoms with E-state index in [1.54, 1.807) is 0 Å². The van der Waals surface area contributed by atoms with Gasteiger partial charge in [0.05, 0.1) is 10.9 Å². The van der Waals surface area contributed by atoms with Gasteiger partial charge < -0.3 is 0 Å². The van der Waals surface area contributed by atoms with Crippen LogP contribution in [0.3, 0.4) is 0 Å². The molecule has 102 valence electrons. The molecule has 0 spiro atoms. The van der Waals surface area contributed by atoms with Crippen LogP contribution in [0, 0.1) is 10.8 Å². The molecule has 0 saturated carbocycles. The molecule has 0 aliphatic heterocycles. The Morgan fingerprint density at radius 1 is 1.50 bits per heavy atom. The lowest BCUT2D eigenvalue weighted by atomic mass is 10.0. The molecule has 18 heavy (non-hydrogen) atoms. The molecule has 0 bridgehead atoms. The average molecular weight is 311 g/mol. The zero-order valence-corrected chi connectivity index (χ0v) is 12.5. The minimum absolute atomic E-state index is 0.0351. The Hall–Kier alpha value is -0.500. The number of hydrogen-bond acceptors (Lipinski definition) is 5. The van der Waals surface area contributed by atoms with Crippen molar-refractivity contribution in [3.8, 4) is 0 Å². The van der Waals surface area contributed by atoms with Crippen LogP contribution in [0.5, 0.6) is 0 Å². The van der Waals surface area contributed by atoms with Crippen LogP contribution in [-0.2, 0) is 10.0 Å². The predicted octanol–water partition coefficient (Wildman–Crippen LogP) is 2.86. The van der Waals surface area contributed by atoms with Gasteiger partial charge in [0.1, 0.15) is 4.21 Å². The van der Waals surface area contributed by atoms with Crippen molar-refractivity contribution in [2.45, 2.75) is 30.5 Å². The largest absolute Gasteiger partial charge is 0.250 e. The van der Waals surface area contributed by atoms with Gasteiger partial charge >= 0.3 is 0 Å². The van der Waals surface area contributed by atoms with Crippen molar-refractivity contribution >= 4 is 33.0 Å². The molecule has 0 unspecified atom stereocenters. The first-order chi connectivity index (χ1) is 8.40. The maximum atomic E-state index is 12.0. The summed E-state index contributed by atoms with van der Waals surface area (Å²) in [5, 5.41) is 2.79. The molecule has 0 aromatic carbocycles. The summed E-state index contributed by atoms with van der Waals surface area (Å²) >= 11 is 6.69. The average Bonchev–Trinajstić information content (AvgIpc) is 2.75. The lowest BCUT2D eigenvalue weighted by Crippen LogP contribution is -2.41. The molecule has 1 heterocycles. The van der Waals surface area contributed by atoms with Crippen LogP contribution in [0.15, 0.2) is 21.5 Å². The molecule has 1 aromatic rings. The van der Waals surface area contributed by atoms with Crippen LogP contribution in [0.2, 0.25) is 4.34 Å². The van der Waals surface area contributed by atoms with Crippen LogP contribution in [0.25, 0.3) is 0 Å². The second kappa shape index (κ2) is 6.60. The zero-order valence-electron chi connectivity index (χ0n) is 10.1. The monoisotopic (exact) mass is 310 g/mol. The molecular weight excluding hydrogens is 296 g/mol. The Morgan fingerprint density at radius 2 is 2.17 bits per heavy atom. The standard InChI is InChI=1S/C10H15ClN2O3S2/c1-3-7(2)8(6-12-14)13-18(15,16)10-5-4-9(11)17-10/h4-5,7-8,13H,3,6H2,1-2H3/t7-,8+/m0/s1. The van der Waals surface area contributed by atoms with E-state index in [1.807, 2.05) is 13.8 Å². The van der Waals surface area contributed by atoms with Crippen molar-refractivity contribution < 1.29 is 8.42 Å². The topological polar surface area (TPSA) is 75.6 Å². The summed E-state index contributed by atoms with van der Waals surface area (Å²) in [5.74, 6) is 0.0351. The van der Waals surface area contributed by atoms with Gasteiger partial charge in [0.25, 0.3) is 0 Å². The van der Waals surface area contributed by atoms with E-state index in [9.17, 15) is 13.3 Å². The Bertz CT molecular complexity index is 501. The van der Waals surface area contributed by atoms with Gasteiger partial charge in [-0.3, -0.25) is 0 Å². The van der Waals surface area contributed by atoms with Gasteiger partial charge in [-0.2, -0.15) is 4.91 Å². The maximum absolute atomic E-state index is 12.0. The Labute approximate surface area is 116 Å². The van der Waals surface area contributed by atoms with E-state index < -0.39 is 16.1 Å². The fourth-order valence-electron chi connectivity index (χ4n) is 1.40. The van der Waals surface area contributed by atoms with Crippen LogP contribution in [-0.4, -0.2) is 21.0 Å². The third-order valence-electron chi connectivity index (χ3n) is 2.72. The van der Waals surface area contributed by atoms with Crippen molar-refractivity contribution in [1.82, 2.24) is 4.72 Å². The Kier molecular flexibility index (Phi) is 5.71. The van der Waals surface area contributed by atoms with E-state index in [-0.39, 0.29) is 16.7 Å². The quantitative estimate of drug-likeness (QED) is 0.787. The minimum Gasteiger partial charge on any atom is -0.206 e. The number of nitrogens with zero attached hydrogens (tertiary/aromatic N) is 1. The molecule has 0 radical (unpaired) electrons. The van der Waals surface area contributed by atoms with Crippen LogP contribution < -0.4 is 4.72 Å². The molecule has 0 fully saturated rings. The highest BCUT2D eigenvalue weighted by Gasteiger charge is 2.25. The van der Waals surface area contributed by atoms with E-state index in [0.717, 1.165) is 17.8 Å². The molecule has 0 aliphatic carbocycles. The number of nitrogens with one attached hydrogen (secondary N) is 1. The number of thiophene rings is 1. The van der Waals surface area contributed by atoms with Gasteiger partial charge in [0, 0.05) is 6.04 Å². The third kappa shape index (κ3) is 4.01. The van der Waals surface area contributed by atoms with E-state index in [0.29, 0.717) is 4.34 Å². The fraction of sp³-hybridized carbons (Fsp3) is 0.600. The summed E-state index contributed by atoms with van der Waals surface area (Å²) in [6.45, 7) is 3.73. The van der Waals surface area contributed by atoms with Crippen molar-refractivity contribution in [3.63, 3.8) is 0 Å². The molecule has 5 nitrogen and oxygen atoms in total.